The van der Waals surface area contributed by atoms with Crippen LogP contribution in [0, 0.1) is 5.82 Å². The predicted octanol–water partition coefficient (Wildman–Crippen LogP) is 4.04. The standard InChI is InChI=1S/C16H11BrF3N3O2S/c17-6-10-11(16(24)25)12(23-14(22-10)15-21-3-4-26-15)8-2-1-7(18)5-9(8)13(19)20/h1-5,12-13H,6H2,(H,22,23)(H,24,25). The number of halogens is 4. The van der Waals surface area contributed by atoms with Crippen LogP contribution in [0.25, 0.3) is 0 Å². The normalized spacial score (nSPS) is 17.3. The van der Waals surface area contributed by atoms with Crippen LogP contribution >= 0.6 is 27.3 Å². The number of aliphatic imine (C=N–C) groups is 1. The third-order valence-corrected chi connectivity index (χ3v) is 5.04. The third kappa shape index (κ3) is 3.51. The molecule has 0 amide bonds. The van der Waals surface area contributed by atoms with E-state index >= 15 is 0 Å². The molecule has 5 nitrogen and oxygen atoms in total. The molecule has 2 N–H and O–H groups in total. The summed E-state index contributed by atoms with van der Waals surface area (Å²) in [7, 11) is 0. The Morgan fingerprint density at radius 2 is 2.19 bits per heavy atom. The molecule has 1 aliphatic heterocycles. The Morgan fingerprint density at radius 3 is 2.77 bits per heavy atom. The molecule has 2 aromatic rings. The molecule has 2 heterocycles. The molecule has 0 bridgehead atoms. The maximum Gasteiger partial charge on any atom is 0.335 e. The molecule has 0 fully saturated rings. The lowest BCUT2D eigenvalue weighted by Crippen LogP contribution is -2.34. The summed E-state index contributed by atoms with van der Waals surface area (Å²) in [5.74, 6) is -1.86. The molecule has 1 aromatic carbocycles. The van der Waals surface area contributed by atoms with Crippen LogP contribution in [0.2, 0.25) is 0 Å². The van der Waals surface area contributed by atoms with E-state index in [1.165, 1.54) is 11.3 Å². The van der Waals surface area contributed by atoms with Gasteiger partial charge in [0.15, 0.2) is 10.8 Å². The number of benzene rings is 1. The maximum atomic E-state index is 13.4. The molecule has 0 saturated carbocycles. The zero-order valence-corrected chi connectivity index (χ0v) is 15.3. The highest BCUT2D eigenvalue weighted by Gasteiger charge is 2.34. The molecule has 1 aliphatic rings. The number of carboxylic acids is 1. The summed E-state index contributed by atoms with van der Waals surface area (Å²) >= 11 is 4.47. The lowest BCUT2D eigenvalue weighted by atomic mass is 9.92. The van der Waals surface area contributed by atoms with Crippen LogP contribution in [0.5, 0.6) is 0 Å². The van der Waals surface area contributed by atoms with Crippen molar-refractivity contribution in [1.82, 2.24) is 10.3 Å². The molecule has 10 heteroatoms. The van der Waals surface area contributed by atoms with Gasteiger partial charge in [-0.15, -0.1) is 11.3 Å². The third-order valence-electron chi connectivity index (χ3n) is 3.70. The second kappa shape index (κ2) is 7.58. The van der Waals surface area contributed by atoms with Gasteiger partial charge >= 0.3 is 5.97 Å². The van der Waals surface area contributed by atoms with Crippen LogP contribution in [0.15, 0.2) is 46.0 Å². The summed E-state index contributed by atoms with van der Waals surface area (Å²) in [6.45, 7) is 0. The van der Waals surface area contributed by atoms with Gasteiger partial charge in [-0.1, -0.05) is 22.0 Å². The fourth-order valence-corrected chi connectivity index (χ4v) is 3.64. The molecule has 0 radical (unpaired) electrons. The number of nitrogens with zero attached hydrogens (tertiary/aromatic N) is 2. The van der Waals surface area contributed by atoms with E-state index in [1.54, 1.807) is 11.6 Å². The Morgan fingerprint density at radius 1 is 1.42 bits per heavy atom. The minimum atomic E-state index is -2.98. The monoisotopic (exact) mass is 445 g/mol. The largest absolute Gasteiger partial charge is 0.478 e. The summed E-state index contributed by atoms with van der Waals surface area (Å²) in [4.78, 5) is 20.2. The molecule has 136 valence electrons. The number of carbonyl (C=O) groups is 1. The highest BCUT2D eigenvalue weighted by molar-refractivity contribution is 9.09. The zero-order valence-electron chi connectivity index (χ0n) is 12.9. The van der Waals surface area contributed by atoms with Gasteiger partial charge in [0.25, 0.3) is 6.43 Å². The van der Waals surface area contributed by atoms with Gasteiger partial charge in [-0.05, 0) is 17.7 Å². The van der Waals surface area contributed by atoms with Gasteiger partial charge in [-0.2, -0.15) is 0 Å². The van der Waals surface area contributed by atoms with E-state index in [0.717, 1.165) is 12.1 Å². The molecular formula is C16H11BrF3N3O2S. The smallest absolute Gasteiger partial charge is 0.335 e. The van der Waals surface area contributed by atoms with Crippen molar-refractivity contribution in [3.05, 3.63) is 63.0 Å². The first kappa shape index (κ1) is 18.6. The van der Waals surface area contributed by atoms with Crippen molar-refractivity contribution in [2.24, 2.45) is 4.99 Å². The first-order valence-corrected chi connectivity index (χ1v) is 9.27. The maximum absolute atomic E-state index is 13.4. The number of alkyl halides is 3. The lowest BCUT2D eigenvalue weighted by molar-refractivity contribution is -0.133. The highest BCUT2D eigenvalue weighted by Crippen LogP contribution is 2.37. The van der Waals surface area contributed by atoms with Crippen LogP contribution in [-0.4, -0.2) is 27.2 Å². The summed E-state index contributed by atoms with van der Waals surface area (Å²) in [5.41, 5.74) is -0.567. The molecule has 0 aliphatic carbocycles. The van der Waals surface area contributed by atoms with E-state index < -0.39 is 29.8 Å². The van der Waals surface area contributed by atoms with Crippen LogP contribution in [0.1, 0.15) is 28.6 Å². The summed E-state index contributed by atoms with van der Waals surface area (Å²) in [6.07, 6.45) is -1.43. The van der Waals surface area contributed by atoms with E-state index in [9.17, 15) is 23.1 Å². The van der Waals surface area contributed by atoms with Crippen molar-refractivity contribution >= 4 is 39.1 Å². The number of rotatable bonds is 5. The number of aliphatic carboxylic acids is 1. The molecule has 0 saturated heterocycles. The molecule has 0 spiro atoms. The average molecular weight is 446 g/mol. The Balaban J connectivity index is 2.21. The van der Waals surface area contributed by atoms with E-state index in [4.69, 9.17) is 0 Å². The Kier molecular flexibility index (Phi) is 5.42. The van der Waals surface area contributed by atoms with Crippen molar-refractivity contribution in [3.8, 4) is 0 Å². The summed E-state index contributed by atoms with van der Waals surface area (Å²) in [6, 6.07) is 1.64. The first-order chi connectivity index (χ1) is 12.4. The van der Waals surface area contributed by atoms with Gasteiger partial charge in [-0.3, -0.25) is 4.99 Å². The number of hydrogen-bond donors (Lipinski definition) is 2. The average Bonchev–Trinajstić information content (AvgIpc) is 3.14. The Hall–Kier alpha value is -2.20. The van der Waals surface area contributed by atoms with E-state index in [-0.39, 0.29) is 28.0 Å². The molecule has 1 atom stereocenters. The minimum absolute atomic E-state index is 0.0622. The summed E-state index contributed by atoms with van der Waals surface area (Å²) < 4.78 is 40.3. The van der Waals surface area contributed by atoms with Crippen molar-refractivity contribution in [2.75, 3.05) is 5.33 Å². The minimum Gasteiger partial charge on any atom is -0.478 e. The number of thiazole rings is 1. The number of aromatic nitrogens is 1. The van der Waals surface area contributed by atoms with E-state index in [0.29, 0.717) is 11.1 Å². The van der Waals surface area contributed by atoms with Gasteiger partial charge in [0.1, 0.15) is 11.9 Å². The molecular weight excluding hydrogens is 435 g/mol. The second-order valence-electron chi connectivity index (χ2n) is 5.25. The molecule has 1 aromatic heterocycles. The lowest BCUT2D eigenvalue weighted by Gasteiger charge is -2.26. The highest BCUT2D eigenvalue weighted by atomic mass is 79.9. The van der Waals surface area contributed by atoms with Crippen molar-refractivity contribution < 1.29 is 23.1 Å². The van der Waals surface area contributed by atoms with Crippen molar-refractivity contribution in [2.45, 2.75) is 12.5 Å². The SMILES string of the molecule is O=C(O)C1=C(CBr)NC(c2nccs2)=NC1c1ccc(F)cc1C(F)F. The molecule has 26 heavy (non-hydrogen) atoms. The van der Waals surface area contributed by atoms with Gasteiger partial charge in [-0.25, -0.2) is 22.9 Å². The number of hydrogen-bond acceptors (Lipinski definition) is 5. The van der Waals surface area contributed by atoms with Gasteiger partial charge < -0.3 is 10.4 Å². The number of amidine groups is 1. The fraction of sp³-hybridized carbons (Fsp3) is 0.188. The predicted molar refractivity (Wildman–Crippen MR) is 94.3 cm³/mol. The van der Waals surface area contributed by atoms with Gasteiger partial charge in [0.05, 0.1) is 5.57 Å². The van der Waals surface area contributed by atoms with Crippen molar-refractivity contribution in [3.63, 3.8) is 0 Å². The van der Waals surface area contributed by atoms with Crippen LogP contribution in [-0.2, 0) is 4.79 Å². The van der Waals surface area contributed by atoms with Crippen LogP contribution in [0.3, 0.4) is 0 Å². The Bertz CT molecular complexity index is 900. The van der Waals surface area contributed by atoms with Crippen LogP contribution in [0.4, 0.5) is 13.2 Å². The molecule has 1 unspecified atom stereocenters. The number of allylic oxidation sites excluding steroid dienone is 1. The Labute approximate surface area is 158 Å². The molecule has 3 rings (SSSR count). The fourth-order valence-electron chi connectivity index (χ4n) is 2.61. The van der Waals surface area contributed by atoms with Gasteiger partial charge in [0, 0.05) is 28.2 Å². The van der Waals surface area contributed by atoms with E-state index in [2.05, 4.69) is 31.2 Å². The zero-order chi connectivity index (χ0) is 18.8. The van der Waals surface area contributed by atoms with Crippen LogP contribution < -0.4 is 5.32 Å². The number of nitrogens with one attached hydrogen (secondary N) is 1. The summed E-state index contributed by atoms with van der Waals surface area (Å²) in [5, 5.41) is 14.8. The topological polar surface area (TPSA) is 74.6 Å². The van der Waals surface area contributed by atoms with Gasteiger partial charge in [0.2, 0.25) is 0 Å². The number of carboxylic acid groups (broad SMARTS) is 1. The van der Waals surface area contributed by atoms with E-state index in [1.807, 2.05) is 0 Å². The van der Waals surface area contributed by atoms with Crippen molar-refractivity contribution in [1.29, 1.82) is 0 Å². The second-order valence-corrected chi connectivity index (χ2v) is 6.70. The first-order valence-electron chi connectivity index (χ1n) is 7.26. The quantitative estimate of drug-likeness (QED) is 0.680.